The van der Waals surface area contributed by atoms with Crippen LogP contribution < -0.4 is 20.7 Å². The van der Waals surface area contributed by atoms with Crippen molar-refractivity contribution >= 4 is 28.9 Å². The quantitative estimate of drug-likeness (QED) is 0.744. The van der Waals surface area contributed by atoms with E-state index in [1.54, 1.807) is 16.7 Å². The zero-order valence-electron chi connectivity index (χ0n) is 19.4. The molecule has 3 aliphatic rings. The number of hydrazine groups is 2. The average Bonchev–Trinajstić information content (AvgIpc) is 3.35. The molecule has 1 atom stereocenters. The monoisotopic (exact) mass is 440 g/mol. The van der Waals surface area contributed by atoms with Crippen molar-refractivity contribution in [3.8, 4) is 0 Å². The second-order valence-electron chi connectivity index (χ2n) is 8.76. The lowest BCUT2D eigenvalue weighted by molar-refractivity contribution is -0.117. The molecule has 0 fully saturated rings. The number of carbonyl (C=O) groups is 2. The Labute approximate surface area is 189 Å². The SMILES string of the molecule is CC(=O)N1c2ccc(C3=CNN(CC4=CCNN4C)C3)cc2N(C(=O)OC(C)C)C[C@@H]1C. The van der Waals surface area contributed by atoms with E-state index >= 15 is 0 Å². The van der Waals surface area contributed by atoms with Gasteiger partial charge in [-0.3, -0.25) is 9.69 Å². The molecule has 2 N–H and O–H groups in total. The Balaban J connectivity index is 1.59. The summed E-state index contributed by atoms with van der Waals surface area (Å²) in [6.45, 7) is 9.91. The molecule has 3 heterocycles. The molecule has 0 aliphatic carbocycles. The Morgan fingerprint density at radius 2 is 2.03 bits per heavy atom. The second-order valence-corrected chi connectivity index (χ2v) is 8.76. The van der Waals surface area contributed by atoms with Gasteiger partial charge in [-0.15, -0.1) is 0 Å². The van der Waals surface area contributed by atoms with Crippen LogP contribution in [0.25, 0.3) is 5.57 Å². The van der Waals surface area contributed by atoms with Gasteiger partial charge in [0.05, 0.1) is 30.1 Å². The van der Waals surface area contributed by atoms with E-state index in [1.165, 1.54) is 5.70 Å². The zero-order valence-corrected chi connectivity index (χ0v) is 19.4. The summed E-state index contributed by atoms with van der Waals surface area (Å²) in [5.41, 5.74) is 11.4. The highest BCUT2D eigenvalue weighted by molar-refractivity contribution is 6.02. The van der Waals surface area contributed by atoms with Crippen LogP contribution in [0, 0.1) is 0 Å². The Morgan fingerprint density at radius 1 is 1.25 bits per heavy atom. The van der Waals surface area contributed by atoms with Gasteiger partial charge in [-0.1, -0.05) is 6.07 Å². The van der Waals surface area contributed by atoms with E-state index < -0.39 is 6.09 Å². The van der Waals surface area contributed by atoms with Gasteiger partial charge in [-0.05, 0) is 50.1 Å². The molecular formula is C23H32N6O3. The Hall–Kier alpha value is -3.04. The van der Waals surface area contributed by atoms with Crippen LogP contribution in [0.4, 0.5) is 16.2 Å². The second kappa shape index (κ2) is 8.84. The van der Waals surface area contributed by atoms with Gasteiger partial charge in [0, 0.05) is 45.5 Å². The molecule has 32 heavy (non-hydrogen) atoms. The molecule has 0 aromatic heterocycles. The topological polar surface area (TPSA) is 80.4 Å². The predicted octanol–water partition coefficient (Wildman–Crippen LogP) is 2.29. The van der Waals surface area contributed by atoms with Crippen LogP contribution in [0.3, 0.4) is 0 Å². The van der Waals surface area contributed by atoms with Crippen molar-refractivity contribution in [3.05, 3.63) is 41.7 Å². The van der Waals surface area contributed by atoms with E-state index in [0.29, 0.717) is 12.2 Å². The lowest BCUT2D eigenvalue weighted by Crippen LogP contribution is -2.51. The molecule has 1 aromatic rings. The van der Waals surface area contributed by atoms with Gasteiger partial charge < -0.3 is 20.1 Å². The summed E-state index contributed by atoms with van der Waals surface area (Å²) in [4.78, 5) is 28.6. The number of likely N-dealkylation sites (N-methyl/N-ethyl adjacent to an activating group) is 1. The molecule has 0 spiro atoms. The molecule has 1 aromatic carbocycles. The van der Waals surface area contributed by atoms with Crippen molar-refractivity contribution in [2.75, 3.05) is 43.0 Å². The number of fused-ring (bicyclic) bond motifs is 1. The number of benzene rings is 1. The van der Waals surface area contributed by atoms with Gasteiger partial charge in [0.15, 0.2) is 0 Å². The lowest BCUT2D eigenvalue weighted by Gasteiger charge is -2.40. The maximum atomic E-state index is 12.9. The Kier molecular flexibility index (Phi) is 6.12. The Morgan fingerprint density at radius 3 is 2.69 bits per heavy atom. The zero-order chi connectivity index (χ0) is 23.0. The first-order chi connectivity index (χ1) is 15.2. The summed E-state index contributed by atoms with van der Waals surface area (Å²) in [6.07, 6.45) is 3.56. The van der Waals surface area contributed by atoms with Crippen molar-refractivity contribution in [2.45, 2.75) is 39.8 Å². The van der Waals surface area contributed by atoms with E-state index in [4.69, 9.17) is 4.74 Å². The van der Waals surface area contributed by atoms with Gasteiger partial charge in [0.25, 0.3) is 0 Å². The van der Waals surface area contributed by atoms with E-state index in [-0.39, 0.29) is 18.1 Å². The fourth-order valence-electron chi connectivity index (χ4n) is 4.39. The van der Waals surface area contributed by atoms with Crippen LogP contribution in [0.1, 0.15) is 33.3 Å². The highest BCUT2D eigenvalue weighted by Gasteiger charge is 2.35. The van der Waals surface area contributed by atoms with Gasteiger partial charge in [-0.25, -0.2) is 15.2 Å². The van der Waals surface area contributed by atoms with E-state index in [9.17, 15) is 9.59 Å². The summed E-state index contributed by atoms with van der Waals surface area (Å²) >= 11 is 0. The lowest BCUT2D eigenvalue weighted by atomic mass is 10.0. The number of amides is 2. The third-order valence-corrected chi connectivity index (χ3v) is 5.91. The predicted molar refractivity (Wildman–Crippen MR) is 125 cm³/mol. The molecule has 0 saturated carbocycles. The number of nitrogens with zero attached hydrogens (tertiary/aromatic N) is 4. The third-order valence-electron chi connectivity index (χ3n) is 5.91. The van der Waals surface area contributed by atoms with Crippen LogP contribution >= 0.6 is 0 Å². The minimum Gasteiger partial charge on any atom is -0.446 e. The minimum atomic E-state index is -0.391. The first-order valence-corrected chi connectivity index (χ1v) is 11.0. The number of hydrogen-bond donors (Lipinski definition) is 2. The standard InChI is InChI=1S/C23H32N6O3/c1-15(2)32-23(31)28-12-16(3)29(17(4)30)21-7-6-18(10-22(21)28)19-11-25-27(13-19)14-20-8-9-24-26(20)5/h6-8,10-11,15-16,24-25H,9,12-14H2,1-5H3/t16-/m0/s1. The van der Waals surface area contributed by atoms with Gasteiger partial charge in [0.1, 0.15) is 0 Å². The van der Waals surface area contributed by atoms with Crippen LogP contribution in [0.2, 0.25) is 0 Å². The normalized spacial score (nSPS) is 20.8. The van der Waals surface area contributed by atoms with Crippen LogP contribution in [0.15, 0.2) is 36.2 Å². The minimum absolute atomic E-state index is 0.0427. The van der Waals surface area contributed by atoms with Crippen molar-refractivity contribution in [3.63, 3.8) is 0 Å². The summed E-state index contributed by atoms with van der Waals surface area (Å²) in [7, 11) is 2.01. The van der Waals surface area contributed by atoms with E-state index in [2.05, 4.69) is 21.9 Å². The highest BCUT2D eigenvalue weighted by atomic mass is 16.6. The van der Waals surface area contributed by atoms with Crippen molar-refractivity contribution in [2.24, 2.45) is 0 Å². The molecule has 172 valence electrons. The number of carbonyl (C=O) groups excluding carboxylic acids is 2. The maximum absolute atomic E-state index is 12.9. The van der Waals surface area contributed by atoms with Crippen molar-refractivity contribution in [1.29, 1.82) is 0 Å². The van der Waals surface area contributed by atoms with E-state index in [0.717, 1.165) is 36.5 Å². The molecule has 0 saturated heterocycles. The summed E-state index contributed by atoms with van der Waals surface area (Å²) < 4.78 is 5.49. The van der Waals surface area contributed by atoms with Crippen LogP contribution in [-0.2, 0) is 9.53 Å². The number of ether oxygens (including phenoxy) is 1. The molecule has 0 bridgehead atoms. The van der Waals surface area contributed by atoms with Gasteiger partial charge in [-0.2, -0.15) is 0 Å². The number of rotatable bonds is 4. The molecular weight excluding hydrogens is 408 g/mol. The highest BCUT2D eigenvalue weighted by Crippen LogP contribution is 2.38. The summed E-state index contributed by atoms with van der Waals surface area (Å²) in [5.74, 6) is -0.0427. The first-order valence-electron chi connectivity index (χ1n) is 11.0. The first kappa shape index (κ1) is 22.2. The summed E-state index contributed by atoms with van der Waals surface area (Å²) in [5, 5.41) is 4.17. The molecule has 3 aliphatic heterocycles. The molecule has 4 rings (SSSR count). The number of hydrogen-bond acceptors (Lipinski definition) is 7. The molecule has 9 heteroatoms. The molecule has 0 unspecified atom stereocenters. The maximum Gasteiger partial charge on any atom is 0.414 e. The third kappa shape index (κ3) is 4.31. The number of anilines is 2. The average molecular weight is 441 g/mol. The fourth-order valence-corrected chi connectivity index (χ4v) is 4.39. The van der Waals surface area contributed by atoms with E-state index in [1.807, 2.05) is 57.2 Å². The van der Waals surface area contributed by atoms with Crippen LogP contribution in [0.5, 0.6) is 0 Å². The van der Waals surface area contributed by atoms with Gasteiger partial charge in [0.2, 0.25) is 5.91 Å². The van der Waals surface area contributed by atoms with Crippen molar-refractivity contribution in [1.82, 2.24) is 20.9 Å². The molecule has 9 nitrogen and oxygen atoms in total. The van der Waals surface area contributed by atoms with Crippen LogP contribution in [-0.4, -0.2) is 67.4 Å². The fraction of sp³-hybridized carbons (Fsp3) is 0.478. The molecule has 0 radical (unpaired) electrons. The van der Waals surface area contributed by atoms with Crippen molar-refractivity contribution < 1.29 is 14.3 Å². The molecule has 2 amide bonds. The number of nitrogens with one attached hydrogen (secondary N) is 2. The Bertz CT molecular complexity index is 972. The summed E-state index contributed by atoms with van der Waals surface area (Å²) in [6, 6.07) is 5.79. The smallest absolute Gasteiger partial charge is 0.414 e. The largest absolute Gasteiger partial charge is 0.446 e. The van der Waals surface area contributed by atoms with Gasteiger partial charge >= 0.3 is 6.09 Å².